The van der Waals surface area contributed by atoms with E-state index >= 15 is 0 Å². The molecule has 0 radical (unpaired) electrons. The summed E-state index contributed by atoms with van der Waals surface area (Å²) >= 11 is 0. The van der Waals surface area contributed by atoms with Gasteiger partial charge in [-0.2, -0.15) is 0 Å². The van der Waals surface area contributed by atoms with Gasteiger partial charge in [0.1, 0.15) is 5.75 Å². The highest BCUT2D eigenvalue weighted by Gasteiger charge is 2.34. The van der Waals surface area contributed by atoms with Crippen molar-refractivity contribution in [3.63, 3.8) is 0 Å². The highest BCUT2D eigenvalue weighted by molar-refractivity contribution is 5.45. The third kappa shape index (κ3) is 3.08. The van der Waals surface area contributed by atoms with Crippen LogP contribution in [0.1, 0.15) is 37.3 Å². The second-order valence-corrected chi connectivity index (χ2v) is 6.28. The van der Waals surface area contributed by atoms with Gasteiger partial charge in [0.25, 0.3) is 5.69 Å². The second kappa shape index (κ2) is 6.62. The van der Waals surface area contributed by atoms with Gasteiger partial charge in [-0.3, -0.25) is 15.0 Å². The maximum Gasteiger partial charge on any atom is 0.270 e. The number of phenols is 1. The molecule has 1 aliphatic heterocycles. The molecule has 1 heterocycles. The molecule has 1 aromatic rings. The molecule has 2 fully saturated rings. The van der Waals surface area contributed by atoms with E-state index in [2.05, 4.69) is 10.2 Å². The molecular weight excluding hydrogens is 282 g/mol. The fourth-order valence-corrected chi connectivity index (χ4v) is 3.87. The van der Waals surface area contributed by atoms with Crippen LogP contribution >= 0.6 is 0 Å². The quantitative estimate of drug-likeness (QED) is 0.660. The average molecular weight is 305 g/mol. The van der Waals surface area contributed by atoms with Crippen LogP contribution in [0, 0.1) is 16.0 Å². The molecule has 1 saturated carbocycles. The molecule has 6 nitrogen and oxygen atoms in total. The van der Waals surface area contributed by atoms with Crippen LogP contribution in [0.5, 0.6) is 5.75 Å². The molecule has 1 aromatic carbocycles. The zero-order chi connectivity index (χ0) is 15.5. The van der Waals surface area contributed by atoms with Gasteiger partial charge in [0, 0.05) is 49.9 Å². The Labute approximate surface area is 130 Å². The lowest BCUT2D eigenvalue weighted by molar-refractivity contribution is -0.385. The number of nitrogens with zero attached hydrogens (tertiary/aromatic N) is 2. The van der Waals surface area contributed by atoms with Gasteiger partial charge in [-0.15, -0.1) is 0 Å². The summed E-state index contributed by atoms with van der Waals surface area (Å²) in [6.07, 6.45) is 4.69. The van der Waals surface area contributed by atoms with Gasteiger partial charge in [0.05, 0.1) is 4.92 Å². The van der Waals surface area contributed by atoms with Crippen molar-refractivity contribution in [2.75, 3.05) is 26.2 Å². The van der Waals surface area contributed by atoms with Crippen LogP contribution in [0.4, 0.5) is 5.69 Å². The largest absolute Gasteiger partial charge is 0.508 e. The predicted octanol–water partition coefficient (Wildman–Crippen LogP) is 2.44. The Bertz CT molecular complexity index is 537. The van der Waals surface area contributed by atoms with Crippen molar-refractivity contribution >= 4 is 5.69 Å². The van der Waals surface area contributed by atoms with Crippen molar-refractivity contribution in [2.45, 2.75) is 31.7 Å². The van der Waals surface area contributed by atoms with Crippen molar-refractivity contribution in [2.24, 2.45) is 5.92 Å². The standard InChI is InChI=1S/C16H23N3O3/c20-15-6-5-13(19(21)22)11-14(15)16(12-3-1-2-4-12)18-9-7-17-8-10-18/h5-6,11-12,16-17,20H,1-4,7-10H2/t16-/m0/s1. The van der Waals surface area contributed by atoms with Crippen LogP contribution in [-0.2, 0) is 0 Å². The summed E-state index contributed by atoms with van der Waals surface area (Å²) < 4.78 is 0. The van der Waals surface area contributed by atoms with Crippen molar-refractivity contribution in [1.82, 2.24) is 10.2 Å². The zero-order valence-electron chi connectivity index (χ0n) is 12.7. The summed E-state index contributed by atoms with van der Waals surface area (Å²) in [5.74, 6) is 0.659. The Balaban J connectivity index is 1.96. The fourth-order valence-electron chi connectivity index (χ4n) is 3.87. The number of nitro benzene ring substituents is 1. The topological polar surface area (TPSA) is 78.6 Å². The number of nitrogens with one attached hydrogen (secondary N) is 1. The van der Waals surface area contributed by atoms with Crippen LogP contribution in [0.15, 0.2) is 18.2 Å². The number of non-ortho nitro benzene ring substituents is 1. The lowest BCUT2D eigenvalue weighted by Crippen LogP contribution is -2.46. The first-order valence-electron chi connectivity index (χ1n) is 8.09. The summed E-state index contributed by atoms with van der Waals surface area (Å²) in [6.45, 7) is 3.70. The molecule has 1 saturated heterocycles. The first kappa shape index (κ1) is 15.2. The Morgan fingerprint density at radius 2 is 1.95 bits per heavy atom. The lowest BCUT2D eigenvalue weighted by Gasteiger charge is -2.38. The maximum absolute atomic E-state index is 11.1. The molecule has 2 N–H and O–H groups in total. The summed E-state index contributed by atoms with van der Waals surface area (Å²) in [4.78, 5) is 13.1. The molecule has 0 spiro atoms. The van der Waals surface area contributed by atoms with Gasteiger partial charge in [-0.1, -0.05) is 12.8 Å². The van der Waals surface area contributed by atoms with E-state index in [-0.39, 0.29) is 22.4 Å². The van der Waals surface area contributed by atoms with Crippen molar-refractivity contribution in [3.05, 3.63) is 33.9 Å². The van der Waals surface area contributed by atoms with Gasteiger partial charge >= 0.3 is 0 Å². The highest BCUT2D eigenvalue weighted by Crippen LogP contribution is 2.43. The van der Waals surface area contributed by atoms with Crippen LogP contribution in [0.2, 0.25) is 0 Å². The highest BCUT2D eigenvalue weighted by atomic mass is 16.6. The number of aromatic hydroxyl groups is 1. The third-order valence-electron chi connectivity index (χ3n) is 4.93. The summed E-state index contributed by atoms with van der Waals surface area (Å²) in [5.41, 5.74) is 0.786. The van der Waals surface area contributed by atoms with Crippen molar-refractivity contribution < 1.29 is 10.0 Å². The van der Waals surface area contributed by atoms with Gasteiger partial charge in [0.2, 0.25) is 0 Å². The minimum Gasteiger partial charge on any atom is -0.508 e. The summed E-state index contributed by atoms with van der Waals surface area (Å²) in [5, 5.41) is 24.7. The number of benzene rings is 1. The van der Waals surface area contributed by atoms with E-state index in [0.717, 1.165) is 44.6 Å². The van der Waals surface area contributed by atoms with E-state index in [9.17, 15) is 15.2 Å². The molecular formula is C16H23N3O3. The van der Waals surface area contributed by atoms with Crippen molar-refractivity contribution in [3.8, 4) is 5.75 Å². The molecule has 0 aromatic heterocycles. The SMILES string of the molecule is O=[N+]([O-])c1ccc(O)c([C@H](C2CCCC2)N2CCNCC2)c1. The number of piperazine rings is 1. The minimum absolute atomic E-state index is 0.0610. The zero-order valence-corrected chi connectivity index (χ0v) is 12.7. The van der Waals surface area contributed by atoms with E-state index in [1.54, 1.807) is 6.07 Å². The first-order chi connectivity index (χ1) is 10.7. The molecule has 0 unspecified atom stereocenters. The Morgan fingerprint density at radius 3 is 2.59 bits per heavy atom. The summed E-state index contributed by atoms with van der Waals surface area (Å²) in [6, 6.07) is 4.50. The van der Waals surface area contributed by atoms with E-state index in [1.165, 1.54) is 25.0 Å². The van der Waals surface area contributed by atoms with Gasteiger partial charge in [-0.25, -0.2) is 0 Å². The van der Waals surface area contributed by atoms with Crippen LogP contribution in [0.25, 0.3) is 0 Å². The molecule has 120 valence electrons. The Kier molecular flexibility index (Phi) is 4.59. The average Bonchev–Trinajstić information content (AvgIpc) is 3.04. The van der Waals surface area contributed by atoms with Crippen LogP contribution in [-0.4, -0.2) is 41.1 Å². The van der Waals surface area contributed by atoms with Crippen molar-refractivity contribution in [1.29, 1.82) is 0 Å². The van der Waals surface area contributed by atoms with E-state index in [4.69, 9.17) is 0 Å². The summed E-state index contributed by atoms with van der Waals surface area (Å²) in [7, 11) is 0. The van der Waals surface area contributed by atoms with E-state index in [0.29, 0.717) is 5.92 Å². The van der Waals surface area contributed by atoms with Gasteiger partial charge in [-0.05, 0) is 24.8 Å². The number of nitro groups is 1. The third-order valence-corrected chi connectivity index (χ3v) is 4.93. The van der Waals surface area contributed by atoms with Crippen LogP contribution in [0.3, 0.4) is 0 Å². The molecule has 0 amide bonds. The van der Waals surface area contributed by atoms with Gasteiger partial charge in [0.15, 0.2) is 0 Å². The van der Waals surface area contributed by atoms with Gasteiger partial charge < -0.3 is 10.4 Å². The predicted molar refractivity (Wildman–Crippen MR) is 83.9 cm³/mol. The molecule has 1 aliphatic carbocycles. The van der Waals surface area contributed by atoms with Crippen LogP contribution < -0.4 is 5.32 Å². The normalized spacial score (nSPS) is 21.8. The number of hydrogen-bond donors (Lipinski definition) is 2. The number of hydrogen-bond acceptors (Lipinski definition) is 5. The number of phenolic OH excluding ortho intramolecular Hbond substituents is 1. The van der Waals surface area contributed by atoms with E-state index < -0.39 is 0 Å². The molecule has 6 heteroatoms. The maximum atomic E-state index is 11.1. The second-order valence-electron chi connectivity index (χ2n) is 6.28. The monoisotopic (exact) mass is 305 g/mol. The molecule has 0 bridgehead atoms. The minimum atomic E-state index is -0.383. The lowest BCUT2D eigenvalue weighted by atomic mass is 9.89. The fraction of sp³-hybridized carbons (Fsp3) is 0.625. The Hall–Kier alpha value is -1.66. The molecule has 1 atom stereocenters. The molecule has 22 heavy (non-hydrogen) atoms. The molecule has 3 rings (SSSR count). The smallest absolute Gasteiger partial charge is 0.270 e. The molecule has 2 aliphatic rings. The Morgan fingerprint density at radius 1 is 1.27 bits per heavy atom. The first-order valence-corrected chi connectivity index (χ1v) is 8.09. The number of rotatable bonds is 4. The van der Waals surface area contributed by atoms with E-state index in [1.807, 2.05) is 0 Å².